The number of hydrogen-bond acceptors (Lipinski definition) is 4. The number of alkyl halides is 3. The molecule has 0 heterocycles. The standard InChI is InChI=1S/C15H10Cl2F3NO3S/c1-25-7-8-4-10(2-3-13(8)21(22)23)24-14-11(16)5-9(6-12(14)17)15(18,19)20/h2-6H,7H2,1H3. The minimum absolute atomic E-state index is 0.0775. The molecular formula is C15H10Cl2F3NO3S. The zero-order valence-electron chi connectivity index (χ0n) is 12.6. The minimum atomic E-state index is -4.59. The van der Waals surface area contributed by atoms with Crippen LogP contribution in [-0.4, -0.2) is 11.2 Å². The Morgan fingerprint density at radius 3 is 2.28 bits per heavy atom. The Balaban J connectivity index is 2.40. The molecule has 0 aliphatic carbocycles. The van der Waals surface area contributed by atoms with Crippen LogP contribution in [0.25, 0.3) is 0 Å². The van der Waals surface area contributed by atoms with Crippen molar-refractivity contribution in [2.75, 3.05) is 6.26 Å². The van der Waals surface area contributed by atoms with E-state index >= 15 is 0 Å². The van der Waals surface area contributed by atoms with Crippen molar-refractivity contribution >= 4 is 40.7 Å². The highest BCUT2D eigenvalue weighted by Crippen LogP contribution is 2.42. The quantitative estimate of drug-likeness (QED) is 0.412. The van der Waals surface area contributed by atoms with E-state index in [1.807, 2.05) is 0 Å². The van der Waals surface area contributed by atoms with E-state index in [4.69, 9.17) is 27.9 Å². The van der Waals surface area contributed by atoms with Crippen molar-refractivity contribution in [3.8, 4) is 11.5 Å². The van der Waals surface area contributed by atoms with E-state index < -0.39 is 16.7 Å². The molecule has 0 atom stereocenters. The smallest absolute Gasteiger partial charge is 0.416 e. The number of hydrogen-bond donors (Lipinski definition) is 0. The largest absolute Gasteiger partial charge is 0.454 e. The summed E-state index contributed by atoms with van der Waals surface area (Å²) in [6.07, 6.45) is -2.81. The molecular weight excluding hydrogens is 402 g/mol. The molecule has 2 rings (SSSR count). The number of benzene rings is 2. The molecule has 134 valence electrons. The first-order valence-corrected chi connectivity index (χ1v) is 8.78. The second kappa shape index (κ2) is 7.72. The molecule has 0 amide bonds. The maximum atomic E-state index is 12.7. The maximum Gasteiger partial charge on any atom is 0.416 e. The number of halogens is 5. The average Bonchev–Trinajstić information content (AvgIpc) is 2.50. The van der Waals surface area contributed by atoms with E-state index in [0.717, 1.165) is 0 Å². The van der Waals surface area contributed by atoms with Gasteiger partial charge in [0.05, 0.1) is 20.5 Å². The molecule has 0 saturated carbocycles. The molecule has 0 spiro atoms. The Hall–Kier alpha value is -1.64. The number of nitro groups is 1. The van der Waals surface area contributed by atoms with Crippen LogP contribution < -0.4 is 4.74 Å². The summed E-state index contributed by atoms with van der Waals surface area (Å²) in [6.45, 7) is 0. The van der Waals surface area contributed by atoms with Gasteiger partial charge in [-0.15, -0.1) is 0 Å². The van der Waals surface area contributed by atoms with Gasteiger partial charge < -0.3 is 4.74 Å². The fourth-order valence-corrected chi connectivity index (χ4v) is 3.12. The van der Waals surface area contributed by atoms with E-state index in [9.17, 15) is 23.3 Å². The first kappa shape index (κ1) is 19.7. The fourth-order valence-electron chi connectivity index (χ4n) is 2.01. The van der Waals surface area contributed by atoms with Crippen molar-refractivity contribution in [2.45, 2.75) is 11.9 Å². The van der Waals surface area contributed by atoms with Crippen molar-refractivity contribution < 1.29 is 22.8 Å². The van der Waals surface area contributed by atoms with Gasteiger partial charge in [0.1, 0.15) is 5.75 Å². The van der Waals surface area contributed by atoms with Gasteiger partial charge in [0.15, 0.2) is 5.75 Å². The summed E-state index contributed by atoms with van der Waals surface area (Å²) in [5, 5.41) is 10.4. The normalized spacial score (nSPS) is 11.4. The first-order chi connectivity index (χ1) is 11.6. The van der Waals surface area contributed by atoms with Crippen molar-refractivity contribution in [1.82, 2.24) is 0 Å². The van der Waals surface area contributed by atoms with Gasteiger partial charge in [-0.3, -0.25) is 10.1 Å². The molecule has 10 heteroatoms. The van der Waals surface area contributed by atoms with Gasteiger partial charge in [0, 0.05) is 17.4 Å². The zero-order valence-corrected chi connectivity index (χ0v) is 14.9. The molecule has 0 fully saturated rings. The van der Waals surface area contributed by atoms with E-state index in [-0.39, 0.29) is 27.2 Å². The third-order valence-corrected chi connectivity index (χ3v) is 4.25. The Labute approximate surface area is 155 Å². The maximum absolute atomic E-state index is 12.7. The predicted octanol–water partition coefficient (Wildman–Crippen LogP) is 6.58. The van der Waals surface area contributed by atoms with Crippen LogP contribution in [0.3, 0.4) is 0 Å². The molecule has 0 saturated heterocycles. The van der Waals surface area contributed by atoms with Gasteiger partial charge >= 0.3 is 6.18 Å². The summed E-state index contributed by atoms with van der Waals surface area (Å²) < 4.78 is 43.7. The van der Waals surface area contributed by atoms with Gasteiger partial charge in [-0.05, 0) is 30.5 Å². The molecule has 0 N–H and O–H groups in total. The lowest BCUT2D eigenvalue weighted by atomic mass is 10.2. The summed E-state index contributed by atoms with van der Waals surface area (Å²) in [4.78, 5) is 10.5. The molecule has 0 radical (unpaired) electrons. The summed E-state index contributed by atoms with van der Waals surface area (Å²) in [7, 11) is 0. The monoisotopic (exact) mass is 411 g/mol. The Kier molecular flexibility index (Phi) is 6.08. The molecule has 0 unspecified atom stereocenters. The van der Waals surface area contributed by atoms with Crippen molar-refractivity contribution in [2.24, 2.45) is 0 Å². The van der Waals surface area contributed by atoms with Gasteiger partial charge in [-0.2, -0.15) is 24.9 Å². The highest BCUT2D eigenvalue weighted by atomic mass is 35.5. The summed E-state index contributed by atoms with van der Waals surface area (Å²) in [6, 6.07) is 5.42. The predicted molar refractivity (Wildman–Crippen MR) is 91.9 cm³/mol. The number of thioether (sulfide) groups is 1. The summed E-state index contributed by atoms with van der Waals surface area (Å²) in [5.74, 6) is 0.389. The third-order valence-electron chi connectivity index (χ3n) is 3.09. The molecule has 0 aliphatic heterocycles. The SMILES string of the molecule is CSCc1cc(Oc2c(Cl)cc(C(F)(F)F)cc2Cl)ccc1[N+](=O)[O-]. The topological polar surface area (TPSA) is 52.4 Å². The van der Waals surface area contributed by atoms with Crippen molar-refractivity contribution in [3.63, 3.8) is 0 Å². The highest BCUT2D eigenvalue weighted by Gasteiger charge is 2.32. The second-order valence-electron chi connectivity index (χ2n) is 4.85. The van der Waals surface area contributed by atoms with E-state index in [0.29, 0.717) is 23.4 Å². The van der Waals surface area contributed by atoms with Crippen LogP contribution in [0.2, 0.25) is 10.0 Å². The molecule has 0 aliphatic rings. The number of nitro benzene ring substituents is 1. The lowest BCUT2D eigenvalue weighted by Crippen LogP contribution is -2.05. The fraction of sp³-hybridized carbons (Fsp3) is 0.200. The van der Waals surface area contributed by atoms with E-state index in [2.05, 4.69) is 0 Å². The van der Waals surface area contributed by atoms with Crippen LogP contribution in [0, 0.1) is 10.1 Å². The van der Waals surface area contributed by atoms with Gasteiger partial charge in [0.25, 0.3) is 5.69 Å². The van der Waals surface area contributed by atoms with Crippen LogP contribution in [-0.2, 0) is 11.9 Å². The molecule has 4 nitrogen and oxygen atoms in total. The van der Waals surface area contributed by atoms with Crippen LogP contribution >= 0.6 is 35.0 Å². The van der Waals surface area contributed by atoms with Crippen LogP contribution in [0.5, 0.6) is 11.5 Å². The van der Waals surface area contributed by atoms with Gasteiger partial charge in [-0.25, -0.2) is 0 Å². The molecule has 0 bridgehead atoms. The molecule has 2 aromatic rings. The molecule has 2 aromatic carbocycles. The first-order valence-electron chi connectivity index (χ1n) is 6.64. The zero-order chi connectivity index (χ0) is 18.8. The molecule has 25 heavy (non-hydrogen) atoms. The Morgan fingerprint density at radius 1 is 1.20 bits per heavy atom. The Bertz CT molecular complexity index is 792. The lowest BCUT2D eigenvalue weighted by molar-refractivity contribution is -0.385. The number of ether oxygens (including phenoxy) is 1. The third kappa shape index (κ3) is 4.71. The second-order valence-corrected chi connectivity index (χ2v) is 6.53. The number of nitrogens with zero attached hydrogens (tertiary/aromatic N) is 1. The summed E-state index contributed by atoms with van der Waals surface area (Å²) in [5.41, 5.74) is -0.665. The van der Waals surface area contributed by atoms with E-state index in [1.54, 1.807) is 6.26 Å². The Morgan fingerprint density at radius 2 is 1.80 bits per heavy atom. The molecule has 0 aromatic heterocycles. The average molecular weight is 412 g/mol. The van der Waals surface area contributed by atoms with Gasteiger partial charge in [-0.1, -0.05) is 23.2 Å². The lowest BCUT2D eigenvalue weighted by Gasteiger charge is -2.13. The van der Waals surface area contributed by atoms with Crippen LogP contribution in [0.4, 0.5) is 18.9 Å². The van der Waals surface area contributed by atoms with Crippen molar-refractivity contribution in [3.05, 3.63) is 61.6 Å². The van der Waals surface area contributed by atoms with Crippen LogP contribution in [0.15, 0.2) is 30.3 Å². The van der Waals surface area contributed by atoms with Crippen LogP contribution in [0.1, 0.15) is 11.1 Å². The van der Waals surface area contributed by atoms with Gasteiger partial charge in [0.2, 0.25) is 0 Å². The minimum Gasteiger partial charge on any atom is -0.454 e. The summed E-state index contributed by atoms with van der Waals surface area (Å²) >= 11 is 13.1. The highest BCUT2D eigenvalue weighted by molar-refractivity contribution is 7.97. The number of rotatable bonds is 5. The van der Waals surface area contributed by atoms with E-state index in [1.165, 1.54) is 30.0 Å². The van der Waals surface area contributed by atoms with Crippen molar-refractivity contribution in [1.29, 1.82) is 0 Å².